The topological polar surface area (TPSA) is 99.1 Å². The summed E-state index contributed by atoms with van der Waals surface area (Å²) in [4.78, 5) is 38.7. The highest BCUT2D eigenvalue weighted by atomic mass is 35.5. The molecule has 11 heteroatoms. The molecule has 0 bridgehead atoms. The Kier molecular flexibility index (Phi) is 8.57. The summed E-state index contributed by atoms with van der Waals surface area (Å²) in [5, 5.41) is 11.8. The minimum Gasteiger partial charge on any atom is -0.463 e. The summed E-state index contributed by atoms with van der Waals surface area (Å²) in [5.41, 5.74) is 1.17. The van der Waals surface area contributed by atoms with Crippen molar-refractivity contribution in [3.05, 3.63) is 57.9 Å². The third-order valence-corrected chi connectivity index (χ3v) is 8.46. The number of amides is 2. The Labute approximate surface area is 250 Å². The van der Waals surface area contributed by atoms with Crippen LogP contribution < -0.4 is 9.64 Å². The minimum atomic E-state index is -1.04. The van der Waals surface area contributed by atoms with E-state index in [4.69, 9.17) is 16.3 Å². The number of fused-ring (bicyclic) bond motifs is 2. The second-order valence-corrected chi connectivity index (χ2v) is 12.0. The lowest BCUT2D eigenvalue weighted by atomic mass is 9.72. The van der Waals surface area contributed by atoms with Crippen LogP contribution in [0.1, 0.15) is 55.7 Å². The summed E-state index contributed by atoms with van der Waals surface area (Å²) < 4.78 is 22.5. The molecule has 42 heavy (non-hydrogen) atoms. The molecule has 0 saturated carbocycles. The molecule has 0 radical (unpaired) electrons. The van der Waals surface area contributed by atoms with Crippen LogP contribution in [0.25, 0.3) is 10.9 Å². The zero-order valence-electron chi connectivity index (χ0n) is 24.5. The van der Waals surface area contributed by atoms with Gasteiger partial charge in [0.25, 0.3) is 0 Å². The van der Waals surface area contributed by atoms with Crippen molar-refractivity contribution in [3.63, 3.8) is 0 Å². The van der Waals surface area contributed by atoms with Gasteiger partial charge in [0.2, 0.25) is 11.8 Å². The fourth-order valence-corrected chi connectivity index (χ4v) is 6.29. The Balaban J connectivity index is 1.59. The van der Waals surface area contributed by atoms with Crippen LogP contribution >= 0.6 is 11.6 Å². The van der Waals surface area contributed by atoms with Gasteiger partial charge < -0.3 is 24.5 Å². The maximum Gasteiger partial charge on any atom is 0.319 e. The highest BCUT2D eigenvalue weighted by Crippen LogP contribution is 2.46. The standard InChI is InChI=1S/C31H37ClFN5O4/c1-5-24(39)37-11-13-38(14-12-37)29-21-16-23(32)26(22-18-31(2,41)17-19-8-6-7-9-20(19)22)27(33)28(21)34-30(35-29)42-15-10-25(40)36(3)4/h6-9,16,22,41H,5,10-15,17-18H2,1-4H3/t22-,31?/m0/s1. The molecule has 2 aromatic carbocycles. The smallest absolute Gasteiger partial charge is 0.319 e. The van der Waals surface area contributed by atoms with Crippen LogP contribution in [0.5, 0.6) is 6.01 Å². The molecule has 2 heterocycles. The van der Waals surface area contributed by atoms with Crippen LogP contribution in [0, 0.1) is 5.82 Å². The molecule has 0 spiro atoms. The van der Waals surface area contributed by atoms with E-state index in [2.05, 4.69) is 9.97 Å². The third-order valence-electron chi connectivity index (χ3n) is 8.15. The number of rotatable bonds is 7. The van der Waals surface area contributed by atoms with Crippen molar-refractivity contribution >= 4 is 40.1 Å². The van der Waals surface area contributed by atoms with Crippen molar-refractivity contribution in [2.24, 2.45) is 0 Å². The Morgan fingerprint density at radius 2 is 1.90 bits per heavy atom. The van der Waals surface area contributed by atoms with E-state index in [9.17, 15) is 14.7 Å². The van der Waals surface area contributed by atoms with E-state index in [1.54, 1.807) is 27.1 Å². The maximum atomic E-state index is 16.7. The van der Waals surface area contributed by atoms with Crippen molar-refractivity contribution < 1.29 is 23.8 Å². The highest BCUT2D eigenvalue weighted by Gasteiger charge is 2.38. The van der Waals surface area contributed by atoms with Crippen molar-refractivity contribution in [1.29, 1.82) is 0 Å². The van der Waals surface area contributed by atoms with Crippen LogP contribution in [0.2, 0.25) is 5.02 Å². The Morgan fingerprint density at radius 3 is 2.60 bits per heavy atom. The Bertz CT molecular complexity index is 1510. The van der Waals surface area contributed by atoms with Crippen LogP contribution in [0.3, 0.4) is 0 Å². The van der Waals surface area contributed by atoms with Gasteiger partial charge in [-0.1, -0.05) is 42.8 Å². The highest BCUT2D eigenvalue weighted by molar-refractivity contribution is 6.32. The number of aromatic nitrogens is 2. The van der Waals surface area contributed by atoms with Crippen molar-refractivity contribution in [3.8, 4) is 6.01 Å². The van der Waals surface area contributed by atoms with E-state index >= 15 is 4.39 Å². The van der Waals surface area contributed by atoms with Crippen LogP contribution in [-0.4, -0.2) is 89.2 Å². The first kappa shape index (κ1) is 30.0. The molecule has 1 unspecified atom stereocenters. The molecule has 5 rings (SSSR count). The zero-order valence-corrected chi connectivity index (χ0v) is 25.2. The minimum absolute atomic E-state index is 0.0294. The van der Waals surface area contributed by atoms with Crippen molar-refractivity contribution in [2.45, 2.75) is 51.0 Å². The lowest BCUT2D eigenvalue weighted by molar-refractivity contribution is -0.131. The first-order valence-electron chi connectivity index (χ1n) is 14.3. The van der Waals surface area contributed by atoms with Crippen molar-refractivity contribution in [2.75, 3.05) is 51.8 Å². The lowest BCUT2D eigenvalue weighted by Gasteiger charge is -2.37. The number of aliphatic hydroxyl groups is 1. The van der Waals surface area contributed by atoms with E-state index in [1.165, 1.54) is 4.90 Å². The second-order valence-electron chi connectivity index (χ2n) is 11.5. The Hall–Kier alpha value is -3.50. The molecule has 2 amide bonds. The molecule has 1 saturated heterocycles. The predicted octanol–water partition coefficient (Wildman–Crippen LogP) is 4.17. The number of piperazine rings is 1. The molecule has 224 valence electrons. The molecule has 3 aromatic rings. The maximum absolute atomic E-state index is 16.7. The van der Waals surface area contributed by atoms with Crippen molar-refractivity contribution in [1.82, 2.24) is 19.8 Å². The van der Waals surface area contributed by atoms with Gasteiger partial charge in [0.15, 0.2) is 5.82 Å². The number of benzene rings is 2. The number of anilines is 1. The van der Waals surface area contributed by atoms with Gasteiger partial charge in [0, 0.05) is 75.0 Å². The average Bonchev–Trinajstić information content (AvgIpc) is 2.96. The molecule has 1 fully saturated rings. The second kappa shape index (κ2) is 12.0. The van der Waals surface area contributed by atoms with E-state index in [-0.39, 0.29) is 47.0 Å². The summed E-state index contributed by atoms with van der Waals surface area (Å²) in [7, 11) is 3.33. The predicted molar refractivity (Wildman–Crippen MR) is 160 cm³/mol. The summed E-state index contributed by atoms with van der Waals surface area (Å²) in [6.45, 7) is 5.63. The van der Waals surface area contributed by atoms with Crippen LogP contribution in [0.15, 0.2) is 30.3 Å². The van der Waals surface area contributed by atoms with Gasteiger partial charge in [0.05, 0.1) is 12.0 Å². The van der Waals surface area contributed by atoms with E-state index < -0.39 is 17.3 Å². The monoisotopic (exact) mass is 597 g/mol. The molecule has 1 aromatic heterocycles. The lowest BCUT2D eigenvalue weighted by Crippen LogP contribution is -2.49. The summed E-state index contributed by atoms with van der Waals surface area (Å²) >= 11 is 6.86. The summed E-state index contributed by atoms with van der Waals surface area (Å²) in [5.74, 6) is -0.644. The number of carbonyl (C=O) groups is 2. The molecular formula is C31H37ClFN5O4. The zero-order chi connectivity index (χ0) is 30.2. The summed E-state index contributed by atoms with van der Waals surface area (Å²) in [6, 6.07) is 9.37. The van der Waals surface area contributed by atoms with Gasteiger partial charge in [-0.15, -0.1) is 0 Å². The first-order chi connectivity index (χ1) is 20.0. The fourth-order valence-electron chi connectivity index (χ4n) is 5.97. The number of hydrogen-bond acceptors (Lipinski definition) is 7. The van der Waals surface area contributed by atoms with Gasteiger partial charge in [0.1, 0.15) is 17.9 Å². The molecule has 1 aliphatic heterocycles. The number of carbonyl (C=O) groups excluding carboxylic acids is 2. The average molecular weight is 598 g/mol. The van der Waals surface area contributed by atoms with Gasteiger partial charge in [-0.05, 0) is 30.5 Å². The van der Waals surface area contributed by atoms with E-state index in [1.807, 2.05) is 41.0 Å². The normalized spacial score (nSPS) is 20.4. The third kappa shape index (κ3) is 6.01. The first-order valence-corrected chi connectivity index (χ1v) is 14.7. The van der Waals surface area contributed by atoms with Gasteiger partial charge in [-0.25, -0.2) is 4.39 Å². The quantitative estimate of drug-likeness (QED) is 0.436. The number of hydrogen-bond donors (Lipinski definition) is 1. The molecule has 2 atom stereocenters. The molecule has 9 nitrogen and oxygen atoms in total. The van der Waals surface area contributed by atoms with E-state index in [0.29, 0.717) is 56.6 Å². The number of ether oxygens (including phenoxy) is 1. The largest absolute Gasteiger partial charge is 0.463 e. The van der Waals surface area contributed by atoms with Crippen LogP contribution in [0.4, 0.5) is 10.2 Å². The van der Waals surface area contributed by atoms with Gasteiger partial charge >= 0.3 is 6.01 Å². The number of nitrogens with zero attached hydrogens (tertiary/aromatic N) is 5. The molecule has 2 aliphatic rings. The SMILES string of the molecule is CCC(=O)N1CCN(c2nc(OCCC(=O)N(C)C)nc3c(F)c([C@H]4CC(C)(O)Cc5ccccc54)c(Cl)cc23)CC1. The molecule has 1 aliphatic carbocycles. The van der Waals surface area contributed by atoms with Gasteiger partial charge in [-0.3, -0.25) is 9.59 Å². The molecular weight excluding hydrogens is 561 g/mol. The van der Waals surface area contributed by atoms with Gasteiger partial charge in [-0.2, -0.15) is 9.97 Å². The Morgan fingerprint density at radius 1 is 1.19 bits per heavy atom. The number of halogens is 2. The fraction of sp³-hybridized carbons (Fsp3) is 0.484. The summed E-state index contributed by atoms with van der Waals surface area (Å²) in [6.07, 6.45) is 1.31. The molecule has 1 N–H and O–H groups in total. The van der Waals surface area contributed by atoms with E-state index in [0.717, 1.165) is 11.1 Å². The van der Waals surface area contributed by atoms with Crippen LogP contribution in [-0.2, 0) is 16.0 Å².